The Bertz CT molecular complexity index is 1080. The van der Waals surface area contributed by atoms with Gasteiger partial charge in [-0.3, -0.25) is 4.79 Å². The Morgan fingerprint density at radius 1 is 1.00 bits per heavy atom. The van der Waals surface area contributed by atoms with E-state index in [9.17, 15) is 13.2 Å². The lowest BCUT2D eigenvalue weighted by Gasteiger charge is -2.30. The van der Waals surface area contributed by atoms with Crippen molar-refractivity contribution in [3.05, 3.63) is 47.5 Å². The van der Waals surface area contributed by atoms with E-state index in [1.165, 1.54) is 10.4 Å². The Kier molecular flexibility index (Phi) is 6.20. The normalized spacial score (nSPS) is 17.7. The lowest BCUT2D eigenvalue weighted by atomic mass is 9.97. The molecular weight excluding hydrogens is 416 g/mol. The van der Waals surface area contributed by atoms with Crippen molar-refractivity contribution in [2.24, 2.45) is 5.92 Å². The molecule has 0 saturated carbocycles. The van der Waals surface area contributed by atoms with Gasteiger partial charge in [-0.1, -0.05) is 12.1 Å². The first kappa shape index (κ1) is 21.6. The van der Waals surface area contributed by atoms with Crippen molar-refractivity contribution in [1.29, 1.82) is 0 Å². The fourth-order valence-electron chi connectivity index (χ4n) is 3.92. The van der Waals surface area contributed by atoms with Gasteiger partial charge in [-0.05, 0) is 56.0 Å². The molecule has 0 radical (unpaired) electrons. The number of hydrogen-bond donors (Lipinski definition) is 1. The number of nitrogens with zero attached hydrogens (tertiary/aromatic N) is 1. The Balaban J connectivity index is 1.41. The van der Waals surface area contributed by atoms with Crippen LogP contribution in [0, 0.1) is 19.8 Å². The van der Waals surface area contributed by atoms with Crippen LogP contribution in [0.2, 0.25) is 0 Å². The van der Waals surface area contributed by atoms with E-state index in [1.54, 1.807) is 12.1 Å². The van der Waals surface area contributed by atoms with Gasteiger partial charge in [-0.25, -0.2) is 8.42 Å². The van der Waals surface area contributed by atoms with E-state index in [1.807, 2.05) is 32.0 Å². The minimum absolute atomic E-state index is 0.0543. The molecule has 1 fully saturated rings. The summed E-state index contributed by atoms with van der Waals surface area (Å²) in [5, 5.41) is 3.01. The summed E-state index contributed by atoms with van der Waals surface area (Å²) in [6, 6.07) is 10.7. The maximum absolute atomic E-state index is 13.1. The number of carbonyl (C=O) groups is 1. The predicted octanol–water partition coefficient (Wildman–Crippen LogP) is 3.50. The Labute approximate surface area is 183 Å². The number of amides is 1. The van der Waals surface area contributed by atoms with Gasteiger partial charge in [-0.2, -0.15) is 4.31 Å². The zero-order valence-electron chi connectivity index (χ0n) is 17.9. The lowest BCUT2D eigenvalue weighted by molar-refractivity contribution is -0.120. The van der Waals surface area contributed by atoms with Crippen LogP contribution < -0.4 is 14.8 Å². The first-order chi connectivity index (χ1) is 14.8. The van der Waals surface area contributed by atoms with E-state index in [2.05, 4.69) is 5.32 Å². The number of nitrogens with one attached hydrogen (secondary N) is 1. The zero-order valence-corrected chi connectivity index (χ0v) is 18.7. The van der Waals surface area contributed by atoms with E-state index in [0.717, 1.165) is 23.2 Å². The number of piperidine rings is 1. The molecule has 2 aliphatic rings. The van der Waals surface area contributed by atoms with E-state index in [-0.39, 0.29) is 16.7 Å². The molecule has 1 saturated heterocycles. The molecule has 1 N–H and O–H groups in total. The van der Waals surface area contributed by atoms with Crippen LogP contribution in [0.1, 0.15) is 30.4 Å². The van der Waals surface area contributed by atoms with Gasteiger partial charge in [0.25, 0.3) is 0 Å². The number of fused-ring (bicyclic) bond motifs is 1. The monoisotopic (exact) mass is 444 g/mol. The number of anilines is 1. The summed E-state index contributed by atoms with van der Waals surface area (Å²) in [6.45, 7) is 5.61. The summed E-state index contributed by atoms with van der Waals surface area (Å²) in [5.41, 5.74) is 2.90. The third-order valence-corrected chi connectivity index (χ3v) is 7.73. The van der Waals surface area contributed by atoms with Gasteiger partial charge in [0.05, 0.1) is 18.1 Å². The van der Waals surface area contributed by atoms with Crippen molar-refractivity contribution in [3.63, 3.8) is 0 Å². The molecule has 0 aromatic heterocycles. The van der Waals surface area contributed by atoms with Crippen LogP contribution in [-0.4, -0.2) is 44.9 Å². The minimum Gasteiger partial charge on any atom is -0.490 e. The fourth-order valence-corrected chi connectivity index (χ4v) is 5.40. The van der Waals surface area contributed by atoms with E-state index in [4.69, 9.17) is 9.47 Å². The highest BCUT2D eigenvalue weighted by Gasteiger charge is 2.33. The number of aryl methyl sites for hydroxylation is 2. The molecular formula is C23H28N2O5S. The molecule has 2 aliphatic heterocycles. The van der Waals surface area contributed by atoms with Crippen molar-refractivity contribution < 1.29 is 22.7 Å². The highest BCUT2D eigenvalue weighted by molar-refractivity contribution is 7.89. The second kappa shape index (κ2) is 8.88. The molecule has 0 spiro atoms. The summed E-state index contributed by atoms with van der Waals surface area (Å²) in [4.78, 5) is 12.9. The topological polar surface area (TPSA) is 84.9 Å². The number of sulfonamides is 1. The van der Waals surface area contributed by atoms with Crippen LogP contribution in [0.5, 0.6) is 11.5 Å². The quantitative estimate of drug-likeness (QED) is 0.780. The van der Waals surface area contributed by atoms with Gasteiger partial charge < -0.3 is 14.8 Å². The number of rotatable bonds is 4. The van der Waals surface area contributed by atoms with Crippen LogP contribution in [0.25, 0.3) is 0 Å². The number of benzene rings is 2. The average molecular weight is 445 g/mol. The van der Waals surface area contributed by atoms with Gasteiger partial charge in [0.15, 0.2) is 11.5 Å². The average Bonchev–Trinajstić information content (AvgIpc) is 3.01. The molecule has 2 aromatic rings. The second-order valence-electron chi connectivity index (χ2n) is 8.15. The zero-order chi connectivity index (χ0) is 22.0. The Morgan fingerprint density at radius 3 is 2.45 bits per heavy atom. The number of ether oxygens (including phenoxy) is 2. The minimum atomic E-state index is -3.66. The summed E-state index contributed by atoms with van der Waals surface area (Å²) >= 11 is 0. The number of hydrogen-bond acceptors (Lipinski definition) is 5. The van der Waals surface area contributed by atoms with Crippen molar-refractivity contribution in [2.45, 2.75) is 38.0 Å². The highest BCUT2D eigenvalue weighted by Crippen LogP contribution is 2.34. The van der Waals surface area contributed by atoms with E-state index >= 15 is 0 Å². The van der Waals surface area contributed by atoms with Crippen LogP contribution in [0.15, 0.2) is 41.3 Å². The molecule has 8 heteroatoms. The van der Waals surface area contributed by atoms with Gasteiger partial charge in [0.1, 0.15) is 0 Å². The Hall–Kier alpha value is -2.58. The first-order valence-electron chi connectivity index (χ1n) is 10.6. The van der Waals surface area contributed by atoms with Crippen molar-refractivity contribution >= 4 is 21.6 Å². The van der Waals surface area contributed by atoms with Crippen molar-refractivity contribution in [1.82, 2.24) is 4.31 Å². The van der Waals surface area contributed by atoms with Gasteiger partial charge in [0, 0.05) is 37.2 Å². The van der Waals surface area contributed by atoms with Crippen LogP contribution >= 0.6 is 0 Å². The third kappa shape index (κ3) is 4.70. The first-order valence-corrected chi connectivity index (χ1v) is 12.1. The molecule has 2 heterocycles. The summed E-state index contributed by atoms with van der Waals surface area (Å²) in [7, 11) is -3.66. The second-order valence-corrected chi connectivity index (χ2v) is 10.1. The largest absolute Gasteiger partial charge is 0.490 e. The molecule has 0 aliphatic carbocycles. The van der Waals surface area contributed by atoms with Gasteiger partial charge in [-0.15, -0.1) is 0 Å². The third-order valence-electron chi connectivity index (χ3n) is 5.83. The summed E-state index contributed by atoms with van der Waals surface area (Å²) < 4.78 is 39.0. The Morgan fingerprint density at radius 2 is 1.71 bits per heavy atom. The van der Waals surface area contributed by atoms with Crippen molar-refractivity contribution in [3.8, 4) is 11.5 Å². The molecule has 2 aromatic carbocycles. The van der Waals surface area contributed by atoms with Crippen LogP contribution in [0.4, 0.5) is 5.69 Å². The van der Waals surface area contributed by atoms with E-state index in [0.29, 0.717) is 50.6 Å². The molecule has 31 heavy (non-hydrogen) atoms. The van der Waals surface area contributed by atoms with Gasteiger partial charge in [0.2, 0.25) is 15.9 Å². The SMILES string of the molecule is Cc1ccc(C)c(NC(=O)C2CCN(S(=O)(=O)c3ccc4c(c3)OCCCO4)CC2)c1. The standard InChI is InChI=1S/C23H28N2O5S/c1-16-4-5-17(2)20(14-16)24-23(26)18-8-10-25(11-9-18)31(27,28)19-6-7-21-22(15-19)30-13-3-12-29-21/h4-7,14-15,18H,3,8-13H2,1-2H3,(H,24,26). The molecule has 7 nitrogen and oxygen atoms in total. The van der Waals surface area contributed by atoms with Crippen LogP contribution in [0.3, 0.4) is 0 Å². The van der Waals surface area contributed by atoms with Crippen LogP contribution in [-0.2, 0) is 14.8 Å². The fraction of sp³-hybridized carbons (Fsp3) is 0.435. The molecule has 166 valence electrons. The molecule has 4 rings (SSSR count). The van der Waals surface area contributed by atoms with Crippen molar-refractivity contribution in [2.75, 3.05) is 31.6 Å². The predicted molar refractivity (Wildman–Crippen MR) is 118 cm³/mol. The maximum atomic E-state index is 13.1. The molecule has 1 amide bonds. The number of carbonyl (C=O) groups excluding carboxylic acids is 1. The summed E-state index contributed by atoms with van der Waals surface area (Å²) in [5.74, 6) is 0.760. The highest BCUT2D eigenvalue weighted by atomic mass is 32.2. The smallest absolute Gasteiger partial charge is 0.243 e. The molecule has 0 atom stereocenters. The molecule has 0 bridgehead atoms. The molecule has 0 unspecified atom stereocenters. The lowest BCUT2D eigenvalue weighted by Crippen LogP contribution is -2.41. The maximum Gasteiger partial charge on any atom is 0.243 e. The van der Waals surface area contributed by atoms with E-state index < -0.39 is 10.0 Å². The van der Waals surface area contributed by atoms with Gasteiger partial charge >= 0.3 is 0 Å². The summed E-state index contributed by atoms with van der Waals surface area (Å²) in [6.07, 6.45) is 1.73.